The van der Waals surface area contributed by atoms with Gasteiger partial charge in [0.1, 0.15) is 11.5 Å². The molecule has 1 rings (SSSR count). The van der Waals surface area contributed by atoms with E-state index in [-0.39, 0.29) is 12.5 Å². The number of esters is 1. The number of amides is 1. The number of hydrogen-bond donors (Lipinski definition) is 1. The van der Waals surface area contributed by atoms with Gasteiger partial charge in [0.25, 0.3) is 5.91 Å². The van der Waals surface area contributed by atoms with Crippen molar-refractivity contribution in [1.29, 1.82) is 0 Å². The number of nitrogens with one attached hydrogen (secondary N) is 1. The molecule has 0 aromatic heterocycles. The van der Waals surface area contributed by atoms with Crippen LogP contribution in [0, 0.1) is 0 Å². The maximum absolute atomic E-state index is 11.6. The quantitative estimate of drug-likeness (QED) is 0.448. The van der Waals surface area contributed by atoms with E-state index >= 15 is 0 Å². The van der Waals surface area contributed by atoms with Crippen LogP contribution in [-0.2, 0) is 14.3 Å². The first kappa shape index (κ1) is 17.3. The lowest BCUT2D eigenvalue weighted by atomic mass is 10.1. The molecule has 6 nitrogen and oxygen atoms in total. The van der Waals surface area contributed by atoms with Crippen LogP contribution in [0.1, 0.15) is 5.56 Å². The summed E-state index contributed by atoms with van der Waals surface area (Å²) >= 11 is 0. The lowest BCUT2D eigenvalue weighted by Crippen LogP contribution is -2.28. The zero-order valence-corrected chi connectivity index (χ0v) is 12.6. The monoisotopic (exact) mass is 305 g/mol. The molecule has 6 heteroatoms. The largest absolute Gasteiger partial charge is 0.497 e. The molecular weight excluding hydrogens is 286 g/mol. The van der Waals surface area contributed by atoms with Gasteiger partial charge < -0.3 is 19.5 Å². The van der Waals surface area contributed by atoms with E-state index in [0.717, 1.165) is 0 Å². The molecule has 0 bridgehead atoms. The van der Waals surface area contributed by atoms with Crippen LogP contribution in [0.3, 0.4) is 0 Å². The Kier molecular flexibility index (Phi) is 7.25. The molecule has 0 fully saturated rings. The fourth-order valence-corrected chi connectivity index (χ4v) is 1.55. The van der Waals surface area contributed by atoms with Crippen molar-refractivity contribution in [3.63, 3.8) is 0 Å². The summed E-state index contributed by atoms with van der Waals surface area (Å²) in [6.45, 7) is 3.45. The minimum absolute atomic E-state index is 0.327. The Hall–Kier alpha value is -2.76. The average molecular weight is 305 g/mol. The van der Waals surface area contributed by atoms with Crippen molar-refractivity contribution >= 4 is 18.0 Å². The lowest BCUT2D eigenvalue weighted by molar-refractivity contribution is -0.143. The van der Waals surface area contributed by atoms with E-state index in [1.807, 2.05) is 0 Å². The highest BCUT2D eigenvalue weighted by Crippen LogP contribution is 2.24. The third-order valence-electron chi connectivity index (χ3n) is 2.62. The number of rotatable bonds is 8. The van der Waals surface area contributed by atoms with Crippen LogP contribution in [-0.4, -0.2) is 39.2 Å². The summed E-state index contributed by atoms with van der Waals surface area (Å²) < 4.78 is 15.1. The number of hydrogen-bond acceptors (Lipinski definition) is 5. The van der Waals surface area contributed by atoms with E-state index in [2.05, 4.69) is 11.9 Å². The van der Waals surface area contributed by atoms with Crippen LogP contribution in [0.4, 0.5) is 0 Å². The number of benzene rings is 1. The van der Waals surface area contributed by atoms with Gasteiger partial charge in [-0.1, -0.05) is 6.08 Å². The van der Waals surface area contributed by atoms with Crippen LogP contribution in [0.2, 0.25) is 0 Å². The molecule has 1 N–H and O–H groups in total. The van der Waals surface area contributed by atoms with Crippen molar-refractivity contribution in [2.75, 3.05) is 27.4 Å². The van der Waals surface area contributed by atoms with Gasteiger partial charge in [-0.3, -0.25) is 4.79 Å². The Labute approximate surface area is 129 Å². The van der Waals surface area contributed by atoms with Crippen molar-refractivity contribution in [2.24, 2.45) is 0 Å². The average Bonchev–Trinajstić information content (AvgIpc) is 2.55. The van der Waals surface area contributed by atoms with Crippen molar-refractivity contribution in [3.05, 3.63) is 42.5 Å². The van der Waals surface area contributed by atoms with E-state index in [1.54, 1.807) is 25.3 Å². The van der Waals surface area contributed by atoms with Gasteiger partial charge in [0, 0.05) is 18.2 Å². The predicted molar refractivity (Wildman–Crippen MR) is 82.7 cm³/mol. The molecule has 0 aliphatic carbocycles. The maximum atomic E-state index is 11.6. The first-order valence-electron chi connectivity index (χ1n) is 6.55. The third kappa shape index (κ3) is 5.70. The highest BCUT2D eigenvalue weighted by Gasteiger charge is 2.05. The minimum atomic E-state index is -0.626. The normalized spacial score (nSPS) is 10.1. The SMILES string of the molecule is C=CCNC(=O)COC(=O)/C=C/c1cc(OC)ccc1OC. The van der Waals surface area contributed by atoms with Crippen LogP contribution in [0.25, 0.3) is 6.08 Å². The second kappa shape index (κ2) is 9.23. The summed E-state index contributed by atoms with van der Waals surface area (Å²) in [7, 11) is 3.08. The van der Waals surface area contributed by atoms with Crippen LogP contribution < -0.4 is 14.8 Å². The number of carbonyl (C=O) groups excluding carboxylic acids is 2. The highest BCUT2D eigenvalue weighted by atomic mass is 16.5. The van der Waals surface area contributed by atoms with Gasteiger partial charge in [-0.05, 0) is 24.3 Å². The molecule has 1 aromatic rings. The maximum Gasteiger partial charge on any atom is 0.331 e. The second-order valence-corrected chi connectivity index (χ2v) is 4.14. The molecule has 0 unspecified atom stereocenters. The third-order valence-corrected chi connectivity index (χ3v) is 2.62. The second-order valence-electron chi connectivity index (χ2n) is 4.14. The van der Waals surface area contributed by atoms with Gasteiger partial charge in [-0.2, -0.15) is 0 Å². The first-order chi connectivity index (χ1) is 10.6. The smallest absolute Gasteiger partial charge is 0.331 e. The Balaban J connectivity index is 2.61. The van der Waals surface area contributed by atoms with Crippen LogP contribution in [0.15, 0.2) is 36.9 Å². The van der Waals surface area contributed by atoms with Gasteiger partial charge in [0.15, 0.2) is 6.61 Å². The number of ether oxygens (including phenoxy) is 3. The molecule has 118 valence electrons. The van der Waals surface area contributed by atoms with E-state index in [0.29, 0.717) is 23.6 Å². The molecule has 0 heterocycles. The highest BCUT2D eigenvalue weighted by molar-refractivity contribution is 5.89. The summed E-state index contributed by atoms with van der Waals surface area (Å²) in [5, 5.41) is 2.50. The summed E-state index contributed by atoms with van der Waals surface area (Å²) in [6, 6.07) is 5.20. The van der Waals surface area contributed by atoms with Gasteiger partial charge in [-0.25, -0.2) is 4.79 Å². The van der Waals surface area contributed by atoms with E-state index < -0.39 is 5.97 Å². The van der Waals surface area contributed by atoms with Crippen molar-refractivity contribution in [1.82, 2.24) is 5.32 Å². The molecular formula is C16H19NO5. The standard InChI is InChI=1S/C16H19NO5/c1-4-9-17-15(18)11-22-16(19)8-5-12-10-13(20-2)6-7-14(12)21-3/h4-8,10H,1,9,11H2,2-3H3,(H,17,18)/b8-5+. The lowest BCUT2D eigenvalue weighted by Gasteiger charge is -2.07. The Morgan fingerprint density at radius 1 is 1.27 bits per heavy atom. The molecule has 22 heavy (non-hydrogen) atoms. The molecule has 0 saturated heterocycles. The number of carbonyl (C=O) groups is 2. The van der Waals surface area contributed by atoms with Crippen molar-refractivity contribution in [3.8, 4) is 11.5 Å². The van der Waals surface area contributed by atoms with Crippen molar-refractivity contribution in [2.45, 2.75) is 0 Å². The van der Waals surface area contributed by atoms with E-state index in [4.69, 9.17) is 14.2 Å². The number of methoxy groups -OCH3 is 2. The summed E-state index contributed by atoms with van der Waals surface area (Å²) in [5.41, 5.74) is 0.662. The predicted octanol–water partition coefficient (Wildman–Crippen LogP) is 1.56. The fraction of sp³-hybridized carbons (Fsp3) is 0.250. The first-order valence-corrected chi connectivity index (χ1v) is 6.55. The van der Waals surface area contributed by atoms with Gasteiger partial charge >= 0.3 is 5.97 Å². The molecule has 0 spiro atoms. The van der Waals surface area contributed by atoms with Crippen LogP contribution in [0.5, 0.6) is 11.5 Å². The fourth-order valence-electron chi connectivity index (χ4n) is 1.55. The Morgan fingerprint density at radius 2 is 2.05 bits per heavy atom. The molecule has 0 atom stereocenters. The molecule has 0 aliphatic rings. The zero-order valence-electron chi connectivity index (χ0n) is 12.6. The van der Waals surface area contributed by atoms with E-state index in [9.17, 15) is 9.59 Å². The zero-order chi connectivity index (χ0) is 16.4. The van der Waals surface area contributed by atoms with Gasteiger partial charge in [0.2, 0.25) is 0 Å². The minimum Gasteiger partial charge on any atom is -0.497 e. The molecule has 0 radical (unpaired) electrons. The Bertz CT molecular complexity index is 566. The van der Waals surface area contributed by atoms with Gasteiger partial charge in [-0.15, -0.1) is 6.58 Å². The topological polar surface area (TPSA) is 73.9 Å². The molecule has 0 saturated carbocycles. The molecule has 1 amide bonds. The summed E-state index contributed by atoms with van der Waals surface area (Å²) in [4.78, 5) is 22.8. The van der Waals surface area contributed by atoms with Crippen molar-refractivity contribution < 1.29 is 23.8 Å². The Morgan fingerprint density at radius 3 is 2.68 bits per heavy atom. The van der Waals surface area contributed by atoms with Crippen LogP contribution >= 0.6 is 0 Å². The van der Waals surface area contributed by atoms with E-state index in [1.165, 1.54) is 25.3 Å². The molecule has 0 aliphatic heterocycles. The summed E-state index contributed by atoms with van der Waals surface area (Å²) in [5.74, 6) is 0.213. The summed E-state index contributed by atoms with van der Waals surface area (Å²) in [6.07, 6.45) is 4.29. The molecule has 1 aromatic carbocycles. The van der Waals surface area contributed by atoms with Gasteiger partial charge in [0.05, 0.1) is 14.2 Å².